The highest BCUT2D eigenvalue weighted by molar-refractivity contribution is 6.20. The molecule has 8 aromatic carbocycles. The predicted octanol–water partition coefficient (Wildman–Crippen LogP) is 16.7. The molecule has 2 fully saturated rings. The summed E-state index contributed by atoms with van der Waals surface area (Å²) in [6.45, 7) is 9.86. The lowest BCUT2D eigenvalue weighted by molar-refractivity contribution is 0.0861. The number of halogens is 2. The van der Waals surface area contributed by atoms with Gasteiger partial charge in [0.2, 0.25) is 0 Å². The molecule has 0 saturated heterocycles. The van der Waals surface area contributed by atoms with Gasteiger partial charge in [-0.3, -0.25) is 0 Å². The minimum Gasteiger partial charge on any atom is -0.335 e. The lowest BCUT2D eigenvalue weighted by Crippen LogP contribution is -2.60. The Bertz CT molecular complexity index is 3280. The number of benzene rings is 8. The second-order valence-electron chi connectivity index (χ2n) is 21.9. The molecule has 2 saturated carbocycles. The van der Waals surface area contributed by atoms with Crippen molar-refractivity contribution in [3.05, 3.63) is 203 Å². The molecule has 0 N–H and O–H groups in total. The average molecular weight is 881 g/mol. The summed E-state index contributed by atoms with van der Waals surface area (Å²) in [5.74, 6) is -0.330. The van der Waals surface area contributed by atoms with E-state index in [0.717, 1.165) is 72.4 Å². The van der Waals surface area contributed by atoms with Crippen molar-refractivity contribution in [1.82, 2.24) is 0 Å². The summed E-state index contributed by atoms with van der Waals surface area (Å²) in [6.07, 6.45) is 10.9. The third kappa shape index (κ3) is 5.47. The first-order valence-corrected chi connectivity index (χ1v) is 24.9. The minimum atomic E-state index is -0.686. The fourth-order valence-corrected chi connectivity index (χ4v) is 14.9. The van der Waals surface area contributed by atoms with Crippen LogP contribution in [0.15, 0.2) is 158 Å². The Labute approximate surface area is 394 Å². The number of anilines is 4. The van der Waals surface area contributed by atoms with Crippen LogP contribution in [0.5, 0.6) is 0 Å². The zero-order chi connectivity index (χ0) is 45.5. The van der Waals surface area contributed by atoms with E-state index in [4.69, 9.17) is 0 Å². The molecule has 3 aliphatic carbocycles. The number of nitrogens with zero attached hydrogens (tertiary/aromatic N) is 2. The van der Waals surface area contributed by atoms with Gasteiger partial charge in [0.1, 0.15) is 11.6 Å². The van der Waals surface area contributed by atoms with Crippen LogP contribution in [0.2, 0.25) is 0 Å². The van der Waals surface area contributed by atoms with Crippen molar-refractivity contribution in [2.75, 3.05) is 9.80 Å². The van der Waals surface area contributed by atoms with Gasteiger partial charge in [0.05, 0.1) is 5.41 Å². The average Bonchev–Trinajstić information content (AvgIpc) is 3.64. The SMILES string of the molecule is CC12CCCCC1(C)N(c1ccc3c(c1)C(c1ccccc1)(c1ccccc1)c1c-3c3ccccc3c3cc(N4c5ccc(F)cc5CC5(C)CCCCC45C)ccc13)c1ccc(F)cc1C2. The topological polar surface area (TPSA) is 6.48 Å². The third-order valence-corrected chi connectivity index (χ3v) is 18.6. The van der Waals surface area contributed by atoms with Crippen molar-refractivity contribution >= 4 is 44.3 Å². The van der Waals surface area contributed by atoms with Crippen LogP contribution in [-0.2, 0) is 18.3 Å². The molecule has 0 aromatic heterocycles. The lowest BCUT2D eigenvalue weighted by Gasteiger charge is -2.60. The molecule has 2 aliphatic heterocycles. The molecular formula is C63H58F2N2. The van der Waals surface area contributed by atoms with Crippen molar-refractivity contribution in [3.8, 4) is 11.1 Å². The van der Waals surface area contributed by atoms with Crippen molar-refractivity contribution in [2.45, 2.75) is 108 Å². The van der Waals surface area contributed by atoms with Gasteiger partial charge in [0, 0.05) is 33.8 Å². The van der Waals surface area contributed by atoms with E-state index >= 15 is 8.78 Å². The molecule has 2 heterocycles. The summed E-state index contributed by atoms with van der Waals surface area (Å²) in [6, 6.07) is 57.0. The minimum absolute atomic E-state index is 0.00864. The predicted molar refractivity (Wildman–Crippen MR) is 273 cm³/mol. The Morgan fingerprint density at radius 2 is 0.925 bits per heavy atom. The Balaban J connectivity index is 1.12. The molecule has 0 radical (unpaired) electrons. The quantitative estimate of drug-likeness (QED) is 0.163. The van der Waals surface area contributed by atoms with Crippen LogP contribution in [0.1, 0.15) is 112 Å². The van der Waals surface area contributed by atoms with Gasteiger partial charge in [-0.15, -0.1) is 0 Å². The van der Waals surface area contributed by atoms with E-state index in [1.165, 1.54) is 80.6 Å². The van der Waals surface area contributed by atoms with Gasteiger partial charge in [-0.1, -0.05) is 137 Å². The number of hydrogen-bond donors (Lipinski definition) is 0. The van der Waals surface area contributed by atoms with E-state index in [1.807, 2.05) is 12.1 Å². The maximum absolute atomic E-state index is 15.2. The Morgan fingerprint density at radius 3 is 1.49 bits per heavy atom. The molecule has 67 heavy (non-hydrogen) atoms. The van der Waals surface area contributed by atoms with Crippen LogP contribution >= 0.6 is 0 Å². The van der Waals surface area contributed by atoms with Gasteiger partial charge in [0.25, 0.3) is 0 Å². The fourth-order valence-electron chi connectivity index (χ4n) is 14.9. The summed E-state index contributed by atoms with van der Waals surface area (Å²) in [4.78, 5) is 5.23. The maximum Gasteiger partial charge on any atom is 0.123 e. The van der Waals surface area contributed by atoms with Crippen molar-refractivity contribution in [3.63, 3.8) is 0 Å². The summed E-state index contributed by atoms with van der Waals surface area (Å²) in [7, 11) is 0. The molecule has 0 bridgehead atoms. The molecule has 4 heteroatoms. The highest BCUT2D eigenvalue weighted by Crippen LogP contribution is 2.64. The summed E-state index contributed by atoms with van der Waals surface area (Å²) in [5, 5.41) is 4.94. The van der Waals surface area contributed by atoms with Crippen LogP contribution in [0.3, 0.4) is 0 Å². The van der Waals surface area contributed by atoms with Crippen molar-refractivity contribution < 1.29 is 8.78 Å². The molecule has 4 unspecified atom stereocenters. The molecule has 13 rings (SSSR count). The van der Waals surface area contributed by atoms with E-state index in [2.05, 4.69) is 159 Å². The van der Waals surface area contributed by atoms with E-state index in [0.29, 0.717) is 0 Å². The third-order valence-electron chi connectivity index (χ3n) is 18.6. The first kappa shape index (κ1) is 41.0. The summed E-state index contributed by atoms with van der Waals surface area (Å²) >= 11 is 0. The second kappa shape index (κ2) is 14.4. The Morgan fingerprint density at radius 1 is 0.433 bits per heavy atom. The van der Waals surface area contributed by atoms with Crippen molar-refractivity contribution in [2.24, 2.45) is 10.8 Å². The first-order valence-electron chi connectivity index (χ1n) is 24.9. The van der Waals surface area contributed by atoms with E-state index in [9.17, 15) is 0 Å². The van der Waals surface area contributed by atoms with Crippen LogP contribution in [0, 0.1) is 22.5 Å². The van der Waals surface area contributed by atoms with Crippen LogP contribution in [0.25, 0.3) is 32.7 Å². The normalized spacial score (nSPS) is 25.8. The van der Waals surface area contributed by atoms with Crippen LogP contribution < -0.4 is 9.80 Å². The van der Waals surface area contributed by atoms with Gasteiger partial charge < -0.3 is 9.80 Å². The number of rotatable bonds is 4. The summed E-state index contributed by atoms with van der Waals surface area (Å²) < 4.78 is 30.3. The van der Waals surface area contributed by atoms with Gasteiger partial charge in [-0.2, -0.15) is 0 Å². The van der Waals surface area contributed by atoms with E-state index in [1.54, 1.807) is 24.3 Å². The zero-order valence-electron chi connectivity index (χ0n) is 39.2. The molecule has 5 aliphatic rings. The van der Waals surface area contributed by atoms with Gasteiger partial charge >= 0.3 is 0 Å². The number of fused-ring (bicyclic) bond motifs is 12. The second-order valence-corrected chi connectivity index (χ2v) is 21.9. The Kier molecular flexibility index (Phi) is 8.79. The number of hydrogen-bond acceptors (Lipinski definition) is 2. The molecular weight excluding hydrogens is 823 g/mol. The lowest BCUT2D eigenvalue weighted by atomic mass is 9.57. The molecule has 4 atom stereocenters. The maximum atomic E-state index is 15.2. The highest BCUT2D eigenvalue weighted by atomic mass is 19.1. The Hall–Kier alpha value is -6.26. The van der Waals surface area contributed by atoms with Crippen LogP contribution in [0.4, 0.5) is 31.5 Å². The smallest absolute Gasteiger partial charge is 0.123 e. The largest absolute Gasteiger partial charge is 0.335 e. The molecule has 0 spiro atoms. The first-order chi connectivity index (χ1) is 32.5. The van der Waals surface area contributed by atoms with Crippen LogP contribution in [-0.4, -0.2) is 11.1 Å². The zero-order valence-corrected chi connectivity index (χ0v) is 39.2. The van der Waals surface area contributed by atoms with E-state index in [-0.39, 0.29) is 33.5 Å². The monoisotopic (exact) mass is 880 g/mol. The molecule has 0 amide bonds. The van der Waals surface area contributed by atoms with Gasteiger partial charge in [-0.25, -0.2) is 8.78 Å². The standard InChI is InChI=1S/C63H58F2N2/c1-59-31-13-15-33-61(59,3)66(55-29-23-45(64)35-41(55)39-59)47-25-27-51-53(37-47)49-21-11-12-22-50(49)57-52-28-26-48(67-56-30-24-46(65)36-42(56)40-60(2)32-14-16-34-62(60,67)4)38-54(52)63(58(51)57,43-17-7-5-8-18-43)44-19-9-6-10-20-44/h5-12,17-30,35-38H,13-16,31-34,39-40H2,1-4H3. The van der Waals surface area contributed by atoms with Gasteiger partial charge in [0.15, 0.2) is 0 Å². The molecule has 8 aromatic rings. The molecule has 334 valence electrons. The molecule has 2 nitrogen and oxygen atoms in total. The fraction of sp³-hybridized carbons (Fsp3) is 0.302. The summed E-state index contributed by atoms with van der Waals surface area (Å²) in [5.41, 5.74) is 13.3. The van der Waals surface area contributed by atoms with Gasteiger partial charge in [-0.05, 0) is 190 Å². The highest BCUT2D eigenvalue weighted by Gasteiger charge is 2.56. The van der Waals surface area contributed by atoms with E-state index < -0.39 is 5.41 Å². The van der Waals surface area contributed by atoms with Crippen molar-refractivity contribution in [1.29, 1.82) is 0 Å².